The molecule has 1 unspecified atom stereocenters. The molecule has 2 rings (SSSR count). The molecule has 1 atom stereocenters. The van der Waals surface area contributed by atoms with Crippen LogP contribution in [0.4, 0.5) is 0 Å². The molecular formula is C20H32IN5O3. The molecule has 0 spiro atoms. The summed E-state index contributed by atoms with van der Waals surface area (Å²) in [5.41, 5.74) is -0.337. The Morgan fingerprint density at radius 3 is 2.52 bits per heavy atom. The van der Waals surface area contributed by atoms with Crippen molar-refractivity contribution in [1.82, 2.24) is 20.4 Å². The molecule has 0 aliphatic heterocycles. The van der Waals surface area contributed by atoms with Crippen molar-refractivity contribution in [2.24, 2.45) is 12.0 Å². The second-order valence-corrected chi connectivity index (χ2v) is 6.68. The van der Waals surface area contributed by atoms with Crippen molar-refractivity contribution in [2.45, 2.75) is 25.9 Å². The first-order valence-electron chi connectivity index (χ1n) is 9.45. The number of aliphatic hydroxyl groups is 1. The van der Waals surface area contributed by atoms with Crippen molar-refractivity contribution in [3.05, 3.63) is 42.2 Å². The number of methoxy groups -OCH3 is 1. The summed E-state index contributed by atoms with van der Waals surface area (Å²) in [4.78, 5) is 4.50. The highest BCUT2D eigenvalue weighted by atomic mass is 127. The van der Waals surface area contributed by atoms with Gasteiger partial charge in [-0.05, 0) is 44.5 Å². The van der Waals surface area contributed by atoms with Gasteiger partial charge in [-0.1, -0.05) is 0 Å². The average molecular weight is 517 g/mol. The fraction of sp³-hybridized carbons (Fsp3) is 0.500. The van der Waals surface area contributed by atoms with Crippen LogP contribution < -0.4 is 20.1 Å². The van der Waals surface area contributed by atoms with Gasteiger partial charge in [0.1, 0.15) is 17.1 Å². The summed E-state index contributed by atoms with van der Waals surface area (Å²) in [6.07, 6.45) is 4.27. The van der Waals surface area contributed by atoms with Crippen molar-refractivity contribution >= 4 is 29.9 Å². The van der Waals surface area contributed by atoms with Crippen molar-refractivity contribution in [2.75, 3.05) is 33.4 Å². The number of guanidine groups is 1. The Morgan fingerprint density at radius 2 is 1.93 bits per heavy atom. The van der Waals surface area contributed by atoms with Gasteiger partial charge in [-0.15, -0.1) is 24.0 Å². The molecule has 3 N–H and O–H groups in total. The van der Waals surface area contributed by atoms with E-state index in [1.807, 2.05) is 38.2 Å². The van der Waals surface area contributed by atoms with Gasteiger partial charge in [0, 0.05) is 31.9 Å². The van der Waals surface area contributed by atoms with Crippen LogP contribution in [0.5, 0.6) is 11.5 Å². The predicted molar refractivity (Wildman–Crippen MR) is 125 cm³/mol. The van der Waals surface area contributed by atoms with E-state index in [1.54, 1.807) is 31.1 Å². The van der Waals surface area contributed by atoms with Crippen LogP contribution in [0.2, 0.25) is 0 Å². The number of benzene rings is 1. The summed E-state index contributed by atoms with van der Waals surface area (Å²) in [7, 11) is 3.46. The van der Waals surface area contributed by atoms with Crippen LogP contribution in [0.1, 0.15) is 25.8 Å². The largest absolute Gasteiger partial charge is 0.497 e. The van der Waals surface area contributed by atoms with E-state index in [0.29, 0.717) is 19.1 Å². The zero-order valence-corrected chi connectivity index (χ0v) is 19.8. The molecule has 1 aromatic carbocycles. The van der Waals surface area contributed by atoms with Crippen LogP contribution in [-0.4, -0.2) is 54.2 Å². The van der Waals surface area contributed by atoms with Gasteiger partial charge in [0.2, 0.25) is 0 Å². The van der Waals surface area contributed by atoms with E-state index in [2.05, 4.69) is 20.7 Å². The Morgan fingerprint density at radius 1 is 1.24 bits per heavy atom. The highest BCUT2D eigenvalue weighted by Crippen LogP contribution is 2.20. The summed E-state index contributed by atoms with van der Waals surface area (Å²) in [5, 5.41) is 21.2. The first-order chi connectivity index (χ1) is 13.4. The maximum atomic E-state index is 10.6. The minimum absolute atomic E-state index is 0. The number of nitrogens with one attached hydrogen (secondary N) is 2. The minimum atomic E-state index is -1.08. The first kappa shape index (κ1) is 25.0. The van der Waals surface area contributed by atoms with E-state index >= 15 is 0 Å². The number of aliphatic imine (C=N–C) groups is 1. The minimum Gasteiger partial charge on any atom is -0.497 e. The van der Waals surface area contributed by atoms with E-state index < -0.39 is 5.60 Å². The third-order valence-electron chi connectivity index (χ3n) is 4.16. The number of ether oxygens (including phenoxy) is 2. The van der Waals surface area contributed by atoms with E-state index in [4.69, 9.17) is 9.47 Å². The molecule has 0 amide bonds. The normalized spacial score (nSPS) is 13.2. The SMILES string of the molecule is CCNC(=NCC(C)(O)c1cnn(C)c1)NCCCOc1ccc(OC)cc1.I. The van der Waals surface area contributed by atoms with Crippen molar-refractivity contribution in [3.8, 4) is 11.5 Å². The molecule has 0 aliphatic rings. The molecule has 9 heteroatoms. The molecule has 0 radical (unpaired) electrons. The lowest BCUT2D eigenvalue weighted by Gasteiger charge is -2.20. The van der Waals surface area contributed by atoms with Gasteiger partial charge in [0.25, 0.3) is 0 Å². The lowest BCUT2D eigenvalue weighted by atomic mass is 10.0. The Kier molecular flexibility index (Phi) is 10.8. The highest BCUT2D eigenvalue weighted by Gasteiger charge is 2.24. The third-order valence-corrected chi connectivity index (χ3v) is 4.16. The number of hydrogen-bond acceptors (Lipinski definition) is 5. The van der Waals surface area contributed by atoms with E-state index in [0.717, 1.165) is 30.0 Å². The van der Waals surface area contributed by atoms with Gasteiger partial charge in [0.15, 0.2) is 5.96 Å². The Balaban J connectivity index is 0.00000420. The molecule has 0 bridgehead atoms. The van der Waals surface area contributed by atoms with Gasteiger partial charge in [-0.2, -0.15) is 5.10 Å². The zero-order valence-electron chi connectivity index (χ0n) is 17.5. The quantitative estimate of drug-likeness (QED) is 0.194. The number of hydrogen-bond donors (Lipinski definition) is 3. The Hall–Kier alpha value is -2.01. The lowest BCUT2D eigenvalue weighted by Crippen LogP contribution is -2.39. The number of aryl methyl sites for hydroxylation is 1. The van der Waals surface area contributed by atoms with Crippen LogP contribution >= 0.6 is 24.0 Å². The summed E-state index contributed by atoms with van der Waals surface area (Å²) >= 11 is 0. The maximum Gasteiger partial charge on any atom is 0.191 e. The standard InChI is InChI=1S/C20H31N5O3.HI/c1-5-21-19(23-15-20(2,26)16-13-24-25(3)14-16)22-11-6-12-28-18-9-7-17(27-4)8-10-18;/h7-10,13-14,26H,5-6,11-12,15H2,1-4H3,(H2,21,22,23);1H. The molecule has 1 aromatic heterocycles. The van der Waals surface area contributed by atoms with Crippen molar-refractivity contribution in [3.63, 3.8) is 0 Å². The molecule has 0 aliphatic carbocycles. The topological polar surface area (TPSA) is 92.9 Å². The fourth-order valence-electron chi connectivity index (χ4n) is 2.51. The van der Waals surface area contributed by atoms with Gasteiger partial charge < -0.3 is 25.2 Å². The number of nitrogens with zero attached hydrogens (tertiary/aromatic N) is 3. The van der Waals surface area contributed by atoms with E-state index in [-0.39, 0.29) is 30.5 Å². The van der Waals surface area contributed by atoms with Crippen LogP contribution in [0.25, 0.3) is 0 Å². The lowest BCUT2D eigenvalue weighted by molar-refractivity contribution is 0.0672. The van der Waals surface area contributed by atoms with E-state index in [1.165, 1.54) is 0 Å². The summed E-state index contributed by atoms with van der Waals surface area (Å²) in [6.45, 7) is 6.01. The molecule has 0 fully saturated rings. The molecule has 8 nitrogen and oxygen atoms in total. The molecule has 162 valence electrons. The molecule has 0 saturated carbocycles. The van der Waals surface area contributed by atoms with Crippen LogP contribution in [0, 0.1) is 0 Å². The van der Waals surface area contributed by atoms with Gasteiger partial charge in [-0.25, -0.2) is 4.99 Å². The van der Waals surface area contributed by atoms with Crippen LogP contribution in [0.3, 0.4) is 0 Å². The van der Waals surface area contributed by atoms with Gasteiger partial charge in [-0.3, -0.25) is 4.68 Å². The predicted octanol–water partition coefficient (Wildman–Crippen LogP) is 2.28. The molecule has 1 heterocycles. The van der Waals surface area contributed by atoms with Gasteiger partial charge >= 0.3 is 0 Å². The van der Waals surface area contributed by atoms with Crippen molar-refractivity contribution < 1.29 is 14.6 Å². The maximum absolute atomic E-state index is 10.6. The number of rotatable bonds is 10. The summed E-state index contributed by atoms with van der Waals surface area (Å²) < 4.78 is 12.5. The second kappa shape index (κ2) is 12.5. The monoisotopic (exact) mass is 517 g/mol. The zero-order chi connectivity index (χ0) is 20.4. The Labute approximate surface area is 189 Å². The van der Waals surface area contributed by atoms with Crippen molar-refractivity contribution in [1.29, 1.82) is 0 Å². The second-order valence-electron chi connectivity index (χ2n) is 6.68. The summed E-state index contributed by atoms with van der Waals surface area (Å²) in [6, 6.07) is 7.52. The fourth-order valence-corrected chi connectivity index (χ4v) is 2.51. The first-order valence-corrected chi connectivity index (χ1v) is 9.45. The van der Waals surface area contributed by atoms with Crippen LogP contribution in [-0.2, 0) is 12.6 Å². The molecule has 29 heavy (non-hydrogen) atoms. The number of halogens is 1. The third kappa shape index (κ3) is 8.48. The molecular weight excluding hydrogens is 485 g/mol. The Bertz CT molecular complexity index is 747. The summed E-state index contributed by atoms with van der Waals surface area (Å²) in [5.74, 6) is 2.28. The molecule has 0 saturated heterocycles. The average Bonchev–Trinajstić information content (AvgIpc) is 3.13. The van der Waals surface area contributed by atoms with Crippen LogP contribution in [0.15, 0.2) is 41.7 Å². The highest BCUT2D eigenvalue weighted by molar-refractivity contribution is 14.0. The smallest absolute Gasteiger partial charge is 0.191 e. The van der Waals surface area contributed by atoms with E-state index in [9.17, 15) is 5.11 Å². The number of aromatic nitrogens is 2. The van der Waals surface area contributed by atoms with Gasteiger partial charge in [0.05, 0.1) is 26.5 Å². The molecule has 2 aromatic rings.